The third kappa shape index (κ3) is 2.24. The van der Waals surface area contributed by atoms with Gasteiger partial charge in [-0.25, -0.2) is 9.37 Å². The zero-order valence-electron chi connectivity index (χ0n) is 15.5. The largest absolute Gasteiger partial charge is 0.388 e. The zero-order chi connectivity index (χ0) is 18.9. The van der Waals surface area contributed by atoms with E-state index in [1.54, 1.807) is 4.57 Å². The van der Waals surface area contributed by atoms with Crippen LogP contribution in [0.4, 0.5) is 4.39 Å². The van der Waals surface area contributed by atoms with E-state index in [9.17, 15) is 14.3 Å². The van der Waals surface area contributed by atoms with E-state index in [0.29, 0.717) is 29.6 Å². The predicted molar refractivity (Wildman–Crippen MR) is 103 cm³/mol. The molecule has 3 heterocycles. The molecule has 1 aliphatic heterocycles. The average Bonchev–Trinajstić information content (AvgIpc) is 3.05. The lowest BCUT2D eigenvalue weighted by Crippen LogP contribution is -2.19. The molecule has 0 radical (unpaired) electrons. The summed E-state index contributed by atoms with van der Waals surface area (Å²) in [5.74, 6) is -0.219. The second kappa shape index (κ2) is 5.73. The van der Waals surface area contributed by atoms with E-state index in [0.717, 1.165) is 47.2 Å². The first-order valence-electron chi connectivity index (χ1n) is 9.56. The number of halogens is 1. The van der Waals surface area contributed by atoms with E-state index in [4.69, 9.17) is 4.98 Å². The third-order valence-corrected chi connectivity index (χ3v) is 6.15. The number of pyridine rings is 2. The number of hydrogen-bond donors (Lipinski definition) is 1. The Bertz CT molecular complexity index is 1180. The second-order valence-electron chi connectivity index (χ2n) is 7.65. The van der Waals surface area contributed by atoms with Crippen molar-refractivity contribution < 1.29 is 9.50 Å². The van der Waals surface area contributed by atoms with Crippen LogP contribution in [0.25, 0.3) is 22.3 Å². The zero-order valence-corrected chi connectivity index (χ0v) is 15.5. The summed E-state index contributed by atoms with van der Waals surface area (Å²) in [6.07, 6.45) is 2.64. The molecule has 3 aromatic rings. The fourth-order valence-electron chi connectivity index (χ4n) is 4.67. The van der Waals surface area contributed by atoms with E-state index in [2.05, 4.69) is 0 Å². The van der Waals surface area contributed by atoms with Crippen molar-refractivity contribution >= 4 is 10.9 Å². The minimum absolute atomic E-state index is 0.123. The number of aromatic nitrogens is 2. The summed E-state index contributed by atoms with van der Waals surface area (Å²) in [6, 6.07) is 4.90. The quantitative estimate of drug-likeness (QED) is 0.589. The van der Waals surface area contributed by atoms with Crippen LogP contribution in [0.15, 0.2) is 23.0 Å². The van der Waals surface area contributed by atoms with Crippen LogP contribution in [0.2, 0.25) is 0 Å². The molecule has 0 unspecified atom stereocenters. The Morgan fingerprint density at radius 2 is 2.00 bits per heavy atom. The molecular weight excluding hydrogens is 343 g/mol. The smallest absolute Gasteiger partial charge is 0.251 e. The summed E-state index contributed by atoms with van der Waals surface area (Å²) in [4.78, 5) is 17.5. The number of benzene rings is 1. The van der Waals surface area contributed by atoms with Gasteiger partial charge < -0.3 is 9.67 Å². The minimum atomic E-state index is -0.668. The molecule has 2 aliphatic rings. The molecule has 1 aromatic carbocycles. The number of fused-ring (bicyclic) bond motifs is 4. The molecule has 0 fully saturated rings. The van der Waals surface area contributed by atoms with Crippen molar-refractivity contribution in [1.29, 1.82) is 0 Å². The summed E-state index contributed by atoms with van der Waals surface area (Å²) >= 11 is 0. The van der Waals surface area contributed by atoms with Crippen LogP contribution >= 0.6 is 0 Å². The molecule has 27 heavy (non-hydrogen) atoms. The predicted octanol–water partition coefficient (Wildman–Crippen LogP) is 3.80. The number of nitrogens with zero attached hydrogens (tertiary/aromatic N) is 2. The van der Waals surface area contributed by atoms with Crippen molar-refractivity contribution in [3.05, 3.63) is 62.2 Å². The Hall–Kier alpha value is -2.53. The first-order chi connectivity index (χ1) is 13.0. The molecule has 0 saturated heterocycles. The maximum atomic E-state index is 14.5. The number of aliphatic hydroxyl groups is 1. The monoisotopic (exact) mass is 364 g/mol. The molecule has 1 N–H and O–H groups in total. The second-order valence-corrected chi connectivity index (χ2v) is 7.65. The number of rotatable bonds is 2. The summed E-state index contributed by atoms with van der Waals surface area (Å²) in [7, 11) is 0. The lowest BCUT2D eigenvalue weighted by Gasteiger charge is -2.21. The van der Waals surface area contributed by atoms with E-state index < -0.39 is 6.10 Å². The van der Waals surface area contributed by atoms with Gasteiger partial charge in [-0.05, 0) is 60.9 Å². The van der Waals surface area contributed by atoms with Crippen LogP contribution in [-0.2, 0) is 19.4 Å². The topological polar surface area (TPSA) is 55.1 Å². The first kappa shape index (κ1) is 16.6. The molecule has 1 atom stereocenters. The molecule has 4 nitrogen and oxygen atoms in total. The minimum Gasteiger partial charge on any atom is -0.388 e. The van der Waals surface area contributed by atoms with Crippen molar-refractivity contribution in [2.24, 2.45) is 0 Å². The molecule has 0 spiro atoms. The van der Waals surface area contributed by atoms with Crippen molar-refractivity contribution in [3.8, 4) is 11.4 Å². The maximum absolute atomic E-state index is 14.5. The molecule has 1 aliphatic carbocycles. The Morgan fingerprint density at radius 3 is 2.78 bits per heavy atom. The number of aryl methyl sites for hydroxylation is 2. The Balaban J connectivity index is 1.84. The summed E-state index contributed by atoms with van der Waals surface area (Å²) in [5.41, 5.74) is 6.72. The van der Waals surface area contributed by atoms with Crippen LogP contribution in [0, 0.1) is 12.7 Å². The summed E-state index contributed by atoms with van der Waals surface area (Å²) in [6.45, 7) is 4.22. The van der Waals surface area contributed by atoms with Gasteiger partial charge in [-0.3, -0.25) is 4.79 Å². The maximum Gasteiger partial charge on any atom is 0.251 e. The van der Waals surface area contributed by atoms with Gasteiger partial charge >= 0.3 is 0 Å². The molecule has 2 aromatic heterocycles. The summed E-state index contributed by atoms with van der Waals surface area (Å²) in [5, 5.41) is 11.3. The van der Waals surface area contributed by atoms with E-state index >= 15 is 0 Å². The van der Waals surface area contributed by atoms with Crippen molar-refractivity contribution in [2.75, 3.05) is 0 Å². The number of hydrogen-bond acceptors (Lipinski definition) is 3. The highest BCUT2D eigenvalue weighted by molar-refractivity contribution is 5.92. The highest BCUT2D eigenvalue weighted by Gasteiger charge is 2.29. The van der Waals surface area contributed by atoms with Gasteiger partial charge in [0.25, 0.3) is 5.56 Å². The Kier molecular flexibility index (Phi) is 3.53. The lowest BCUT2D eigenvalue weighted by atomic mass is 9.85. The Labute approximate surface area is 156 Å². The van der Waals surface area contributed by atoms with Crippen LogP contribution < -0.4 is 5.56 Å². The molecule has 138 valence electrons. The Morgan fingerprint density at radius 1 is 1.22 bits per heavy atom. The SMILES string of the molecule is CC[C@H](O)c1cc2n(c(=O)c1)Cc1c-2nc2cc(F)c(C)c3c2c1CCC3. The lowest BCUT2D eigenvalue weighted by molar-refractivity contribution is 0.173. The number of aliphatic hydroxyl groups excluding tert-OH is 1. The van der Waals surface area contributed by atoms with Crippen molar-refractivity contribution in [3.63, 3.8) is 0 Å². The van der Waals surface area contributed by atoms with Gasteiger partial charge in [0, 0.05) is 23.1 Å². The van der Waals surface area contributed by atoms with Gasteiger partial charge in [-0.15, -0.1) is 0 Å². The first-order valence-corrected chi connectivity index (χ1v) is 9.56. The third-order valence-electron chi connectivity index (χ3n) is 6.15. The van der Waals surface area contributed by atoms with Crippen LogP contribution in [0.5, 0.6) is 0 Å². The van der Waals surface area contributed by atoms with E-state index in [-0.39, 0.29) is 11.4 Å². The standard InChI is InChI=1S/C22H21FN2O2/c1-3-19(26)12-7-18-22-15(10-25(18)20(27)8-12)14-6-4-5-13-11(2)16(23)9-17(24-22)21(13)14/h7-9,19,26H,3-6,10H2,1-2H3/t19-/m0/s1. The van der Waals surface area contributed by atoms with Gasteiger partial charge in [0.2, 0.25) is 0 Å². The molecule has 0 amide bonds. The normalized spacial score (nSPS) is 15.7. The van der Waals surface area contributed by atoms with Gasteiger partial charge in [-0.2, -0.15) is 0 Å². The van der Waals surface area contributed by atoms with Crippen LogP contribution in [-0.4, -0.2) is 14.7 Å². The van der Waals surface area contributed by atoms with Crippen molar-refractivity contribution in [2.45, 2.75) is 52.2 Å². The van der Waals surface area contributed by atoms with Gasteiger partial charge in [0.05, 0.1) is 29.6 Å². The average molecular weight is 364 g/mol. The molecule has 5 heteroatoms. The molecule has 0 bridgehead atoms. The fraction of sp³-hybridized carbons (Fsp3) is 0.364. The summed E-state index contributed by atoms with van der Waals surface area (Å²) < 4.78 is 16.2. The molecular formula is C22H21FN2O2. The van der Waals surface area contributed by atoms with Crippen LogP contribution in [0.3, 0.4) is 0 Å². The van der Waals surface area contributed by atoms with E-state index in [1.165, 1.54) is 17.7 Å². The van der Waals surface area contributed by atoms with Gasteiger partial charge in [0.15, 0.2) is 0 Å². The molecule has 0 saturated carbocycles. The van der Waals surface area contributed by atoms with Gasteiger partial charge in [-0.1, -0.05) is 6.92 Å². The van der Waals surface area contributed by atoms with Crippen molar-refractivity contribution in [1.82, 2.24) is 9.55 Å². The fourth-order valence-corrected chi connectivity index (χ4v) is 4.67. The highest BCUT2D eigenvalue weighted by Crippen LogP contribution is 2.41. The van der Waals surface area contributed by atoms with Gasteiger partial charge in [0.1, 0.15) is 5.82 Å². The molecule has 5 rings (SSSR count). The highest BCUT2D eigenvalue weighted by atomic mass is 19.1. The van der Waals surface area contributed by atoms with Crippen LogP contribution in [0.1, 0.15) is 53.7 Å². The van der Waals surface area contributed by atoms with E-state index in [1.807, 2.05) is 19.9 Å².